The average molecular weight is 294 g/mol. The van der Waals surface area contributed by atoms with Crippen molar-refractivity contribution in [2.45, 2.75) is 19.4 Å². The molecule has 1 aromatic rings. The molecule has 0 bridgehead atoms. The van der Waals surface area contributed by atoms with Crippen molar-refractivity contribution in [3.63, 3.8) is 0 Å². The number of rotatable bonds is 5. The highest BCUT2D eigenvalue weighted by atomic mass is 32.1. The van der Waals surface area contributed by atoms with E-state index in [0.29, 0.717) is 17.5 Å². The molecule has 4 nitrogen and oxygen atoms in total. The third kappa shape index (κ3) is 3.91. The summed E-state index contributed by atoms with van der Waals surface area (Å²) in [5, 5.41) is 9.71. The van der Waals surface area contributed by atoms with Crippen LogP contribution in [0, 0.1) is 5.92 Å². The van der Waals surface area contributed by atoms with Gasteiger partial charge in [0.2, 0.25) is 0 Å². The Morgan fingerprint density at radius 3 is 2.95 bits per heavy atom. The Hall–Kier alpha value is -1.17. The molecule has 0 aromatic heterocycles. The number of nitrogens with zero attached hydrogens (tertiary/aromatic N) is 1. The predicted octanol–water partition coefficient (Wildman–Crippen LogP) is 1.40. The number of aliphatic hydroxyl groups is 1. The summed E-state index contributed by atoms with van der Waals surface area (Å²) >= 11 is 5.01. The molecule has 0 spiro atoms. The molecular weight excluding hydrogens is 272 g/mol. The zero-order valence-corrected chi connectivity index (χ0v) is 12.6. The van der Waals surface area contributed by atoms with Gasteiger partial charge in [0.1, 0.15) is 17.3 Å². The van der Waals surface area contributed by atoms with Crippen molar-refractivity contribution in [2.24, 2.45) is 11.7 Å². The van der Waals surface area contributed by atoms with Crippen LogP contribution in [0.15, 0.2) is 24.3 Å². The molecule has 5 heteroatoms. The Bertz CT molecular complexity index is 467. The third-order valence-corrected chi connectivity index (χ3v) is 3.98. The van der Waals surface area contributed by atoms with Gasteiger partial charge in [-0.15, -0.1) is 0 Å². The molecule has 1 heterocycles. The van der Waals surface area contributed by atoms with E-state index < -0.39 is 0 Å². The van der Waals surface area contributed by atoms with Gasteiger partial charge in [-0.25, -0.2) is 0 Å². The third-order valence-electron chi connectivity index (χ3n) is 3.76. The summed E-state index contributed by atoms with van der Waals surface area (Å²) < 4.78 is 5.79. The standard InChI is InChI=1S/C15H22N2O2S/c1-11-10-17(7-6-13(11)18)8-9-19-14-5-3-2-4-12(14)15(16)20/h2-5,11,13,18H,6-10H2,1H3,(H2,16,20). The fourth-order valence-corrected chi connectivity index (χ4v) is 2.67. The normalized spacial score (nSPS) is 23.5. The number of para-hydroxylation sites is 1. The van der Waals surface area contributed by atoms with Crippen LogP contribution >= 0.6 is 12.2 Å². The second-order valence-corrected chi connectivity index (χ2v) is 5.78. The molecule has 1 aliphatic heterocycles. The minimum atomic E-state index is -0.164. The van der Waals surface area contributed by atoms with Crippen LogP contribution in [0.5, 0.6) is 5.75 Å². The van der Waals surface area contributed by atoms with E-state index in [0.717, 1.165) is 37.4 Å². The summed E-state index contributed by atoms with van der Waals surface area (Å²) in [6.45, 7) is 5.37. The maximum atomic E-state index is 9.71. The fourth-order valence-electron chi connectivity index (χ4n) is 2.50. The van der Waals surface area contributed by atoms with Crippen molar-refractivity contribution < 1.29 is 9.84 Å². The van der Waals surface area contributed by atoms with Crippen LogP contribution in [-0.4, -0.2) is 47.3 Å². The molecule has 0 radical (unpaired) electrons. The molecule has 110 valence electrons. The number of aliphatic hydroxyl groups excluding tert-OH is 1. The number of benzene rings is 1. The molecular formula is C15H22N2O2S. The molecule has 0 amide bonds. The summed E-state index contributed by atoms with van der Waals surface area (Å²) in [6.07, 6.45) is 0.674. The van der Waals surface area contributed by atoms with Crippen LogP contribution in [-0.2, 0) is 0 Å². The van der Waals surface area contributed by atoms with Gasteiger partial charge in [0.15, 0.2) is 0 Å². The van der Waals surface area contributed by atoms with E-state index in [9.17, 15) is 5.11 Å². The zero-order valence-electron chi connectivity index (χ0n) is 11.8. The van der Waals surface area contributed by atoms with E-state index in [2.05, 4.69) is 11.8 Å². The number of hydrogen-bond donors (Lipinski definition) is 2. The predicted molar refractivity (Wildman–Crippen MR) is 84.1 cm³/mol. The molecule has 1 aromatic carbocycles. The first-order valence-corrected chi connectivity index (χ1v) is 7.41. The molecule has 0 saturated carbocycles. The van der Waals surface area contributed by atoms with E-state index >= 15 is 0 Å². The van der Waals surface area contributed by atoms with Crippen LogP contribution < -0.4 is 10.5 Å². The van der Waals surface area contributed by atoms with Crippen molar-refractivity contribution >= 4 is 17.2 Å². The lowest BCUT2D eigenvalue weighted by Gasteiger charge is -2.34. The molecule has 2 unspecified atom stereocenters. The Morgan fingerprint density at radius 2 is 2.25 bits per heavy atom. The largest absolute Gasteiger partial charge is 0.492 e. The monoisotopic (exact) mass is 294 g/mol. The molecule has 0 aliphatic carbocycles. The van der Waals surface area contributed by atoms with Crippen LogP contribution in [0.4, 0.5) is 0 Å². The zero-order chi connectivity index (χ0) is 14.5. The van der Waals surface area contributed by atoms with Gasteiger partial charge in [0.25, 0.3) is 0 Å². The van der Waals surface area contributed by atoms with Gasteiger partial charge in [-0.1, -0.05) is 31.3 Å². The van der Waals surface area contributed by atoms with Crippen molar-refractivity contribution in [1.29, 1.82) is 0 Å². The second kappa shape index (κ2) is 7.02. The van der Waals surface area contributed by atoms with Gasteiger partial charge in [-0.3, -0.25) is 4.90 Å². The van der Waals surface area contributed by atoms with Gasteiger partial charge in [-0.2, -0.15) is 0 Å². The van der Waals surface area contributed by atoms with Gasteiger partial charge in [0, 0.05) is 19.6 Å². The smallest absolute Gasteiger partial charge is 0.129 e. The molecule has 2 atom stereocenters. The van der Waals surface area contributed by atoms with Crippen LogP contribution in [0.25, 0.3) is 0 Å². The molecule has 1 saturated heterocycles. The van der Waals surface area contributed by atoms with Gasteiger partial charge in [0.05, 0.1) is 11.7 Å². The summed E-state index contributed by atoms with van der Waals surface area (Å²) in [5.74, 6) is 1.07. The van der Waals surface area contributed by atoms with E-state index in [1.165, 1.54) is 0 Å². The topological polar surface area (TPSA) is 58.7 Å². The van der Waals surface area contributed by atoms with Crippen molar-refractivity contribution in [3.8, 4) is 5.75 Å². The number of hydrogen-bond acceptors (Lipinski definition) is 4. The van der Waals surface area contributed by atoms with Crippen molar-refractivity contribution in [2.75, 3.05) is 26.2 Å². The minimum Gasteiger partial charge on any atom is -0.492 e. The molecule has 20 heavy (non-hydrogen) atoms. The quantitative estimate of drug-likeness (QED) is 0.804. The number of ether oxygens (including phenoxy) is 1. The maximum Gasteiger partial charge on any atom is 0.129 e. The summed E-state index contributed by atoms with van der Waals surface area (Å²) in [6, 6.07) is 7.57. The lowest BCUT2D eigenvalue weighted by atomic mass is 9.97. The number of piperidine rings is 1. The lowest BCUT2D eigenvalue weighted by Crippen LogP contribution is -2.43. The van der Waals surface area contributed by atoms with Crippen LogP contribution in [0.2, 0.25) is 0 Å². The van der Waals surface area contributed by atoms with Crippen molar-refractivity contribution in [3.05, 3.63) is 29.8 Å². The van der Waals surface area contributed by atoms with Crippen LogP contribution in [0.1, 0.15) is 18.9 Å². The first-order chi connectivity index (χ1) is 9.58. The highest BCUT2D eigenvalue weighted by Crippen LogP contribution is 2.19. The first-order valence-electron chi connectivity index (χ1n) is 7.00. The minimum absolute atomic E-state index is 0.164. The lowest BCUT2D eigenvalue weighted by molar-refractivity contribution is 0.0304. The Morgan fingerprint density at radius 1 is 1.50 bits per heavy atom. The van der Waals surface area contributed by atoms with E-state index in [-0.39, 0.29) is 6.10 Å². The molecule has 1 fully saturated rings. The Balaban J connectivity index is 1.83. The Labute approximate surface area is 125 Å². The summed E-state index contributed by atoms with van der Waals surface area (Å²) in [7, 11) is 0. The van der Waals surface area contributed by atoms with Crippen LogP contribution in [0.3, 0.4) is 0 Å². The molecule has 2 rings (SSSR count). The highest BCUT2D eigenvalue weighted by Gasteiger charge is 2.23. The molecule has 3 N–H and O–H groups in total. The second-order valence-electron chi connectivity index (χ2n) is 5.34. The average Bonchev–Trinajstić information content (AvgIpc) is 2.43. The maximum absolute atomic E-state index is 9.71. The fraction of sp³-hybridized carbons (Fsp3) is 0.533. The number of likely N-dealkylation sites (tertiary alicyclic amines) is 1. The highest BCUT2D eigenvalue weighted by molar-refractivity contribution is 7.80. The van der Waals surface area contributed by atoms with Gasteiger partial charge < -0.3 is 15.6 Å². The number of thiocarbonyl (C=S) groups is 1. The summed E-state index contributed by atoms with van der Waals surface area (Å²) in [4.78, 5) is 2.68. The van der Waals surface area contributed by atoms with Gasteiger partial charge >= 0.3 is 0 Å². The van der Waals surface area contributed by atoms with E-state index in [1.54, 1.807) is 0 Å². The Kier molecular flexibility index (Phi) is 5.34. The van der Waals surface area contributed by atoms with Gasteiger partial charge in [-0.05, 0) is 24.5 Å². The van der Waals surface area contributed by atoms with Crippen molar-refractivity contribution in [1.82, 2.24) is 4.90 Å². The SMILES string of the molecule is CC1CN(CCOc2ccccc2C(N)=S)CCC1O. The van der Waals surface area contributed by atoms with E-state index in [1.807, 2.05) is 24.3 Å². The number of nitrogens with two attached hydrogens (primary N) is 1. The van der Waals surface area contributed by atoms with E-state index in [4.69, 9.17) is 22.7 Å². The first kappa shape index (κ1) is 15.2. The summed E-state index contributed by atoms with van der Waals surface area (Å²) in [5.41, 5.74) is 6.46. The molecule has 1 aliphatic rings.